The molecular formula is C21H20ClF4NO3S. The number of amides is 1. The zero-order chi connectivity index (χ0) is 23.2. The smallest absolute Gasteiger partial charge is 0.349 e. The first-order chi connectivity index (χ1) is 14.2. The van der Waals surface area contributed by atoms with Crippen LogP contribution in [0.3, 0.4) is 0 Å². The first kappa shape index (κ1) is 23.5. The molecule has 0 aromatic heterocycles. The number of nitrogens with one attached hydrogen (secondary N) is 1. The van der Waals surface area contributed by atoms with Gasteiger partial charge in [-0.25, -0.2) is 12.8 Å². The third kappa shape index (κ3) is 4.57. The van der Waals surface area contributed by atoms with Crippen LogP contribution in [0, 0.1) is 11.7 Å². The van der Waals surface area contributed by atoms with Crippen LogP contribution in [-0.4, -0.2) is 25.1 Å². The number of rotatable bonds is 5. The minimum Gasteiger partial charge on any atom is -0.349 e. The van der Waals surface area contributed by atoms with Crippen LogP contribution in [0.5, 0.6) is 0 Å². The molecule has 2 aromatic rings. The van der Waals surface area contributed by atoms with Gasteiger partial charge < -0.3 is 5.32 Å². The summed E-state index contributed by atoms with van der Waals surface area (Å²) in [4.78, 5) is 11.9. The predicted molar refractivity (Wildman–Crippen MR) is 108 cm³/mol. The van der Waals surface area contributed by atoms with Crippen molar-refractivity contribution in [2.75, 3.05) is 0 Å². The zero-order valence-electron chi connectivity index (χ0n) is 16.6. The average Bonchev–Trinajstić information content (AvgIpc) is 2.65. The molecule has 2 aromatic carbocycles. The molecule has 1 fully saturated rings. The maximum atomic E-state index is 13.2. The summed E-state index contributed by atoms with van der Waals surface area (Å²) in [6, 6.07) is 6.95. The monoisotopic (exact) mass is 477 g/mol. The zero-order valence-corrected chi connectivity index (χ0v) is 18.2. The number of halogens is 5. The van der Waals surface area contributed by atoms with E-state index in [1.165, 1.54) is 26.0 Å². The van der Waals surface area contributed by atoms with Crippen molar-refractivity contribution in [3.8, 4) is 0 Å². The van der Waals surface area contributed by atoms with Gasteiger partial charge in [0.1, 0.15) is 5.82 Å². The summed E-state index contributed by atoms with van der Waals surface area (Å²) < 4.78 is 77.0. The fourth-order valence-electron chi connectivity index (χ4n) is 3.57. The van der Waals surface area contributed by atoms with Gasteiger partial charge in [-0.2, -0.15) is 13.2 Å². The minimum atomic E-state index is -4.65. The van der Waals surface area contributed by atoms with Crippen molar-refractivity contribution >= 4 is 27.3 Å². The number of benzene rings is 2. The van der Waals surface area contributed by atoms with Crippen LogP contribution >= 0.6 is 11.6 Å². The molecule has 10 heteroatoms. The molecule has 0 unspecified atom stereocenters. The molecule has 1 aliphatic carbocycles. The highest BCUT2D eigenvalue weighted by Crippen LogP contribution is 2.44. The van der Waals surface area contributed by atoms with Crippen molar-refractivity contribution in [2.24, 2.45) is 5.92 Å². The number of sulfone groups is 1. The average molecular weight is 478 g/mol. The maximum absolute atomic E-state index is 13.2. The van der Waals surface area contributed by atoms with Gasteiger partial charge in [0.25, 0.3) is 5.91 Å². The van der Waals surface area contributed by atoms with Crippen molar-refractivity contribution in [3.05, 3.63) is 64.4 Å². The molecule has 0 atom stereocenters. The van der Waals surface area contributed by atoms with Gasteiger partial charge in [0.2, 0.25) is 0 Å². The Kier molecular flexibility index (Phi) is 6.14. The topological polar surface area (TPSA) is 63.2 Å². The van der Waals surface area contributed by atoms with Crippen molar-refractivity contribution in [1.29, 1.82) is 0 Å². The molecule has 1 N–H and O–H groups in total. The van der Waals surface area contributed by atoms with E-state index in [0.29, 0.717) is 18.9 Å². The van der Waals surface area contributed by atoms with Crippen LogP contribution in [0.15, 0.2) is 47.4 Å². The molecule has 0 radical (unpaired) electrons. The highest BCUT2D eigenvalue weighted by molar-refractivity contribution is 7.92. The fraction of sp³-hybridized carbons (Fsp3) is 0.381. The van der Waals surface area contributed by atoms with E-state index in [1.54, 1.807) is 0 Å². The highest BCUT2D eigenvalue weighted by atomic mass is 35.5. The molecule has 1 amide bonds. The number of carbonyl (C=O) groups is 1. The molecule has 0 heterocycles. The second kappa shape index (κ2) is 8.09. The van der Waals surface area contributed by atoms with Crippen LogP contribution in [0.1, 0.15) is 42.6 Å². The Labute approximate surface area is 182 Å². The molecular weight excluding hydrogens is 458 g/mol. The Morgan fingerprint density at radius 1 is 1.10 bits per heavy atom. The minimum absolute atomic E-state index is 0.172. The van der Waals surface area contributed by atoms with E-state index in [-0.39, 0.29) is 27.4 Å². The van der Waals surface area contributed by atoms with Gasteiger partial charge in [-0.1, -0.05) is 17.7 Å². The molecule has 168 valence electrons. The molecule has 0 spiro atoms. The summed E-state index contributed by atoms with van der Waals surface area (Å²) in [5.74, 6) is -1.48. The lowest BCUT2D eigenvalue weighted by Crippen LogP contribution is -2.53. The lowest BCUT2D eigenvalue weighted by atomic mass is 9.73. The molecule has 31 heavy (non-hydrogen) atoms. The van der Waals surface area contributed by atoms with Crippen LogP contribution in [-0.2, 0) is 16.0 Å². The van der Waals surface area contributed by atoms with Crippen molar-refractivity contribution < 1.29 is 30.8 Å². The van der Waals surface area contributed by atoms with E-state index >= 15 is 0 Å². The summed E-state index contributed by atoms with van der Waals surface area (Å²) in [7, 11) is -4.07. The predicted octanol–water partition coefficient (Wildman–Crippen LogP) is 5.26. The third-order valence-electron chi connectivity index (χ3n) is 5.80. The number of carbonyl (C=O) groups excluding carboxylic acids is 1. The normalized spacial score (nSPS) is 19.6. The lowest BCUT2D eigenvalue weighted by Gasteiger charge is -2.45. The van der Waals surface area contributed by atoms with Crippen LogP contribution < -0.4 is 5.32 Å². The fourth-order valence-corrected chi connectivity index (χ4v) is 5.53. The Morgan fingerprint density at radius 3 is 2.32 bits per heavy atom. The van der Waals surface area contributed by atoms with Crippen molar-refractivity contribution in [3.63, 3.8) is 0 Å². The van der Waals surface area contributed by atoms with Gasteiger partial charge in [0.15, 0.2) is 9.84 Å². The molecule has 4 nitrogen and oxygen atoms in total. The summed E-state index contributed by atoms with van der Waals surface area (Å²) in [5, 5.41) is 2.55. The van der Waals surface area contributed by atoms with Gasteiger partial charge in [-0.05, 0) is 69.0 Å². The van der Waals surface area contributed by atoms with Gasteiger partial charge in [0.05, 0.1) is 20.2 Å². The van der Waals surface area contributed by atoms with E-state index in [2.05, 4.69) is 5.32 Å². The second-order valence-corrected chi connectivity index (χ2v) is 11.0. The summed E-state index contributed by atoms with van der Waals surface area (Å²) in [5.41, 5.74) is -0.855. The van der Waals surface area contributed by atoms with Crippen molar-refractivity contribution in [2.45, 2.75) is 48.5 Å². The van der Waals surface area contributed by atoms with Gasteiger partial charge >= 0.3 is 6.18 Å². The van der Waals surface area contributed by atoms with Gasteiger partial charge in [-0.3, -0.25) is 4.79 Å². The first-order valence-corrected chi connectivity index (χ1v) is 11.3. The number of alkyl halides is 3. The molecule has 3 rings (SSSR count). The van der Waals surface area contributed by atoms with E-state index in [1.807, 2.05) is 0 Å². The Balaban J connectivity index is 1.70. The second-order valence-electron chi connectivity index (χ2n) is 8.10. The Bertz CT molecular complexity index is 1110. The first-order valence-electron chi connectivity index (χ1n) is 9.41. The largest absolute Gasteiger partial charge is 0.416 e. The molecule has 0 bridgehead atoms. The van der Waals surface area contributed by atoms with E-state index in [9.17, 15) is 30.8 Å². The summed E-state index contributed by atoms with van der Waals surface area (Å²) >= 11 is 5.68. The van der Waals surface area contributed by atoms with E-state index < -0.39 is 38.0 Å². The van der Waals surface area contributed by atoms with E-state index in [0.717, 1.165) is 24.3 Å². The highest BCUT2D eigenvalue weighted by Gasteiger charge is 2.49. The quantitative estimate of drug-likeness (QED) is 0.597. The Morgan fingerprint density at radius 2 is 1.74 bits per heavy atom. The standard InChI is InChI=1S/C21H20ClF4NO3S/c1-20(2,31(29,30)16-5-3-4-13(11-16)21(24,25)26)14-9-15(10-14)27-19(28)12-6-7-18(23)17(22)8-12/h3-8,11,14-15H,9-10H2,1-2H3,(H,27,28)/t14-,15-. The SMILES string of the molecule is CC(C)([C@H]1C[C@H](NC(=O)c2ccc(F)c(Cl)c2)C1)S(=O)(=O)c1cccc(C(F)(F)F)c1. The molecule has 1 saturated carbocycles. The number of hydrogen-bond acceptors (Lipinski definition) is 3. The molecule has 0 aliphatic heterocycles. The molecule has 0 saturated heterocycles. The maximum Gasteiger partial charge on any atom is 0.416 e. The lowest BCUT2D eigenvalue weighted by molar-refractivity contribution is -0.137. The van der Waals surface area contributed by atoms with Gasteiger partial charge in [0, 0.05) is 11.6 Å². The number of hydrogen-bond donors (Lipinski definition) is 1. The van der Waals surface area contributed by atoms with Gasteiger partial charge in [-0.15, -0.1) is 0 Å². The van der Waals surface area contributed by atoms with Crippen LogP contribution in [0.25, 0.3) is 0 Å². The molecule has 1 aliphatic rings. The Hall–Kier alpha value is -2.13. The third-order valence-corrected chi connectivity index (χ3v) is 8.69. The van der Waals surface area contributed by atoms with Crippen LogP contribution in [0.2, 0.25) is 5.02 Å². The van der Waals surface area contributed by atoms with Crippen LogP contribution in [0.4, 0.5) is 17.6 Å². The summed E-state index contributed by atoms with van der Waals surface area (Å²) in [6.07, 6.45) is -3.97. The van der Waals surface area contributed by atoms with Crippen molar-refractivity contribution in [1.82, 2.24) is 5.32 Å². The van der Waals surface area contributed by atoms with E-state index in [4.69, 9.17) is 11.6 Å². The summed E-state index contributed by atoms with van der Waals surface area (Å²) in [6.45, 7) is 2.95.